The standard InChI is InChI=1S/C19H29N3O.ClH/c1-14-7-15(2)12-22(11-14)13-17-5-3-16(4-6-17)8-21-19(23)18-9-20-10-18;/h3-6,14-15,18,20H,7-13H2,1-2H3,(H,21,23);1H. The van der Waals surface area contributed by atoms with E-state index < -0.39 is 0 Å². The van der Waals surface area contributed by atoms with Gasteiger partial charge in [-0.05, 0) is 29.4 Å². The zero-order chi connectivity index (χ0) is 16.2. The number of halogens is 1. The average molecular weight is 352 g/mol. The molecule has 1 aromatic carbocycles. The van der Waals surface area contributed by atoms with Crippen molar-refractivity contribution in [2.24, 2.45) is 17.8 Å². The number of benzene rings is 1. The molecule has 24 heavy (non-hydrogen) atoms. The Morgan fingerprint density at radius 1 is 1.12 bits per heavy atom. The first-order valence-electron chi connectivity index (χ1n) is 8.88. The summed E-state index contributed by atoms with van der Waals surface area (Å²) < 4.78 is 0. The number of nitrogens with zero attached hydrogens (tertiary/aromatic N) is 1. The summed E-state index contributed by atoms with van der Waals surface area (Å²) in [6.07, 6.45) is 1.35. The lowest BCUT2D eigenvalue weighted by Gasteiger charge is -2.35. The van der Waals surface area contributed by atoms with Crippen LogP contribution in [0.25, 0.3) is 0 Å². The van der Waals surface area contributed by atoms with Gasteiger partial charge in [0.1, 0.15) is 0 Å². The molecular formula is C19H30ClN3O. The molecule has 3 rings (SSSR count). The van der Waals surface area contributed by atoms with Crippen LogP contribution in [0.1, 0.15) is 31.4 Å². The van der Waals surface area contributed by atoms with Gasteiger partial charge in [0.15, 0.2) is 0 Å². The lowest BCUT2D eigenvalue weighted by molar-refractivity contribution is -0.126. The van der Waals surface area contributed by atoms with Crippen LogP contribution in [0.5, 0.6) is 0 Å². The van der Waals surface area contributed by atoms with Crippen LogP contribution in [0.3, 0.4) is 0 Å². The van der Waals surface area contributed by atoms with Crippen molar-refractivity contribution in [1.29, 1.82) is 0 Å². The Hall–Kier alpha value is -1.10. The van der Waals surface area contributed by atoms with E-state index in [0.717, 1.165) is 31.5 Å². The van der Waals surface area contributed by atoms with Crippen molar-refractivity contribution in [1.82, 2.24) is 15.5 Å². The number of rotatable bonds is 5. The molecule has 2 fully saturated rings. The largest absolute Gasteiger partial charge is 0.352 e. The monoisotopic (exact) mass is 351 g/mol. The maximum absolute atomic E-state index is 11.8. The highest BCUT2D eigenvalue weighted by Crippen LogP contribution is 2.22. The molecule has 4 nitrogen and oxygen atoms in total. The predicted molar refractivity (Wildman–Crippen MR) is 100 cm³/mol. The Labute approximate surface area is 151 Å². The van der Waals surface area contributed by atoms with Crippen molar-refractivity contribution in [3.8, 4) is 0 Å². The van der Waals surface area contributed by atoms with E-state index in [-0.39, 0.29) is 24.2 Å². The number of nitrogens with one attached hydrogen (secondary N) is 2. The Morgan fingerprint density at radius 2 is 1.71 bits per heavy atom. The van der Waals surface area contributed by atoms with E-state index in [0.29, 0.717) is 6.54 Å². The maximum Gasteiger partial charge on any atom is 0.225 e. The first-order chi connectivity index (χ1) is 11.1. The second-order valence-electron chi connectivity index (χ2n) is 7.53. The summed E-state index contributed by atoms with van der Waals surface area (Å²) in [4.78, 5) is 14.4. The Kier molecular flexibility index (Phi) is 7.08. The van der Waals surface area contributed by atoms with E-state index in [9.17, 15) is 4.79 Å². The van der Waals surface area contributed by atoms with Crippen LogP contribution in [-0.4, -0.2) is 37.0 Å². The van der Waals surface area contributed by atoms with Crippen molar-refractivity contribution in [2.75, 3.05) is 26.2 Å². The average Bonchev–Trinajstić information content (AvgIpc) is 2.43. The van der Waals surface area contributed by atoms with Crippen LogP contribution in [0.2, 0.25) is 0 Å². The molecule has 0 aliphatic carbocycles. The van der Waals surface area contributed by atoms with E-state index in [1.165, 1.54) is 30.6 Å². The van der Waals surface area contributed by atoms with E-state index >= 15 is 0 Å². The van der Waals surface area contributed by atoms with Gasteiger partial charge in [-0.3, -0.25) is 9.69 Å². The van der Waals surface area contributed by atoms with Gasteiger partial charge in [0.05, 0.1) is 5.92 Å². The van der Waals surface area contributed by atoms with Gasteiger partial charge < -0.3 is 10.6 Å². The van der Waals surface area contributed by atoms with Crippen molar-refractivity contribution in [2.45, 2.75) is 33.4 Å². The molecule has 0 aromatic heterocycles. The number of carbonyl (C=O) groups excluding carboxylic acids is 1. The smallest absolute Gasteiger partial charge is 0.225 e. The number of carbonyl (C=O) groups is 1. The summed E-state index contributed by atoms with van der Waals surface area (Å²) in [6.45, 7) is 10.4. The summed E-state index contributed by atoms with van der Waals surface area (Å²) >= 11 is 0. The molecule has 2 aliphatic heterocycles. The van der Waals surface area contributed by atoms with Crippen LogP contribution < -0.4 is 10.6 Å². The highest BCUT2D eigenvalue weighted by molar-refractivity contribution is 5.85. The minimum atomic E-state index is 0. The van der Waals surface area contributed by atoms with Crippen molar-refractivity contribution in [3.63, 3.8) is 0 Å². The van der Waals surface area contributed by atoms with Gasteiger partial charge in [0.2, 0.25) is 5.91 Å². The van der Waals surface area contributed by atoms with Gasteiger partial charge in [-0.2, -0.15) is 0 Å². The molecule has 2 unspecified atom stereocenters. The predicted octanol–water partition coefficient (Wildman–Crippen LogP) is 2.42. The topological polar surface area (TPSA) is 44.4 Å². The first kappa shape index (κ1) is 19.2. The molecule has 2 aliphatic rings. The van der Waals surface area contributed by atoms with Gasteiger partial charge in [-0.15, -0.1) is 12.4 Å². The van der Waals surface area contributed by atoms with Crippen LogP contribution >= 0.6 is 12.4 Å². The first-order valence-corrected chi connectivity index (χ1v) is 8.88. The van der Waals surface area contributed by atoms with E-state index in [2.05, 4.69) is 53.6 Å². The minimum Gasteiger partial charge on any atom is -0.352 e. The molecule has 1 aromatic rings. The summed E-state index contributed by atoms with van der Waals surface area (Å²) in [7, 11) is 0. The van der Waals surface area contributed by atoms with E-state index in [1.807, 2.05) is 0 Å². The summed E-state index contributed by atoms with van der Waals surface area (Å²) in [5, 5.41) is 6.15. The third kappa shape index (κ3) is 5.20. The fourth-order valence-electron chi connectivity index (χ4n) is 3.75. The van der Waals surface area contributed by atoms with Crippen LogP contribution in [0, 0.1) is 17.8 Å². The number of likely N-dealkylation sites (tertiary alicyclic amines) is 1. The zero-order valence-electron chi connectivity index (χ0n) is 14.8. The van der Waals surface area contributed by atoms with Gasteiger partial charge in [-0.25, -0.2) is 0 Å². The molecule has 0 saturated carbocycles. The lowest BCUT2D eigenvalue weighted by Crippen LogP contribution is -2.50. The highest BCUT2D eigenvalue weighted by atomic mass is 35.5. The Morgan fingerprint density at radius 3 is 2.25 bits per heavy atom. The SMILES string of the molecule is CC1CC(C)CN(Cc2ccc(CNC(=O)C3CNC3)cc2)C1.Cl. The summed E-state index contributed by atoms with van der Waals surface area (Å²) in [5.74, 6) is 1.94. The third-order valence-corrected chi connectivity index (χ3v) is 4.99. The van der Waals surface area contributed by atoms with Crippen molar-refractivity contribution >= 4 is 18.3 Å². The van der Waals surface area contributed by atoms with Crippen molar-refractivity contribution < 1.29 is 4.79 Å². The normalized spacial score (nSPS) is 24.8. The minimum absolute atomic E-state index is 0. The molecule has 134 valence electrons. The molecule has 0 bridgehead atoms. The number of hydrogen-bond donors (Lipinski definition) is 2. The second kappa shape index (κ2) is 8.84. The van der Waals surface area contributed by atoms with Gasteiger partial charge in [0, 0.05) is 39.3 Å². The number of hydrogen-bond acceptors (Lipinski definition) is 3. The molecular weight excluding hydrogens is 322 g/mol. The lowest BCUT2D eigenvalue weighted by atomic mass is 9.91. The fourth-order valence-corrected chi connectivity index (χ4v) is 3.75. The molecule has 2 heterocycles. The molecule has 2 N–H and O–H groups in total. The molecule has 2 saturated heterocycles. The van der Waals surface area contributed by atoms with Crippen LogP contribution in [-0.2, 0) is 17.9 Å². The van der Waals surface area contributed by atoms with Gasteiger partial charge >= 0.3 is 0 Å². The van der Waals surface area contributed by atoms with Gasteiger partial charge in [0.25, 0.3) is 0 Å². The maximum atomic E-state index is 11.8. The molecule has 0 radical (unpaired) electrons. The second-order valence-corrected chi connectivity index (χ2v) is 7.53. The van der Waals surface area contributed by atoms with E-state index in [4.69, 9.17) is 0 Å². The zero-order valence-corrected chi connectivity index (χ0v) is 15.6. The summed E-state index contributed by atoms with van der Waals surface area (Å²) in [5.41, 5.74) is 2.54. The van der Waals surface area contributed by atoms with Crippen LogP contribution in [0.4, 0.5) is 0 Å². The summed E-state index contributed by atoms with van der Waals surface area (Å²) in [6, 6.07) is 8.70. The van der Waals surface area contributed by atoms with E-state index in [1.54, 1.807) is 0 Å². The van der Waals surface area contributed by atoms with Gasteiger partial charge in [-0.1, -0.05) is 38.1 Å². The molecule has 2 atom stereocenters. The highest BCUT2D eigenvalue weighted by Gasteiger charge is 2.24. The molecule has 5 heteroatoms. The third-order valence-electron chi connectivity index (χ3n) is 4.99. The molecule has 1 amide bonds. The Balaban J connectivity index is 0.00000208. The Bertz CT molecular complexity index is 520. The number of piperidine rings is 1. The number of amides is 1. The fraction of sp³-hybridized carbons (Fsp3) is 0.632. The van der Waals surface area contributed by atoms with Crippen molar-refractivity contribution in [3.05, 3.63) is 35.4 Å². The molecule has 0 spiro atoms. The van der Waals surface area contributed by atoms with Crippen LogP contribution in [0.15, 0.2) is 24.3 Å². The quantitative estimate of drug-likeness (QED) is 0.856.